The summed E-state index contributed by atoms with van der Waals surface area (Å²) in [4.78, 5) is 33.4. The number of halogens is 1. The first kappa shape index (κ1) is 26.8. The van der Waals surface area contributed by atoms with Crippen LogP contribution in [0.25, 0.3) is 0 Å². The lowest BCUT2D eigenvalue weighted by molar-refractivity contribution is 0.0970. The van der Waals surface area contributed by atoms with Gasteiger partial charge in [0.25, 0.3) is 5.91 Å². The van der Waals surface area contributed by atoms with Crippen molar-refractivity contribution in [1.82, 2.24) is 25.3 Å². The number of nitrogens with zero attached hydrogens (tertiary/aromatic N) is 5. The van der Waals surface area contributed by atoms with E-state index < -0.39 is 0 Å². The van der Waals surface area contributed by atoms with Gasteiger partial charge in [-0.15, -0.1) is 0 Å². The minimum Gasteiger partial charge on any atom is -0.396 e. The van der Waals surface area contributed by atoms with Gasteiger partial charge in [0, 0.05) is 26.1 Å². The molecule has 0 radical (unpaired) electrons. The van der Waals surface area contributed by atoms with Gasteiger partial charge in [0.15, 0.2) is 5.13 Å². The summed E-state index contributed by atoms with van der Waals surface area (Å²) in [5, 5.41) is 16.1. The summed E-state index contributed by atoms with van der Waals surface area (Å²) < 4.78 is 0. The molecule has 188 valence electrons. The Morgan fingerprint density at radius 2 is 2.06 bits per heavy atom. The number of allylic oxidation sites excluding steroid dienone is 3. The van der Waals surface area contributed by atoms with Crippen LogP contribution in [0.5, 0.6) is 0 Å². The second-order valence-corrected chi connectivity index (χ2v) is 10.3. The van der Waals surface area contributed by atoms with Gasteiger partial charge in [0.05, 0.1) is 16.9 Å². The van der Waals surface area contributed by atoms with E-state index in [4.69, 9.17) is 11.6 Å². The normalized spacial score (nSPS) is 15.1. The van der Waals surface area contributed by atoms with Crippen LogP contribution in [-0.4, -0.2) is 50.6 Å². The molecule has 11 heteroatoms. The van der Waals surface area contributed by atoms with Crippen molar-refractivity contribution in [3.8, 4) is 0 Å². The summed E-state index contributed by atoms with van der Waals surface area (Å²) in [7, 11) is 0. The Hall–Kier alpha value is -2.82. The number of rotatable bonds is 10. The third kappa shape index (κ3) is 7.33. The van der Waals surface area contributed by atoms with Gasteiger partial charge in [0.1, 0.15) is 10.7 Å². The van der Waals surface area contributed by atoms with E-state index in [0.717, 1.165) is 25.9 Å². The highest BCUT2D eigenvalue weighted by atomic mass is 35.5. The van der Waals surface area contributed by atoms with E-state index in [2.05, 4.69) is 62.5 Å². The zero-order chi connectivity index (χ0) is 25.5. The van der Waals surface area contributed by atoms with Gasteiger partial charge in [-0.25, -0.2) is 4.98 Å². The molecule has 9 nitrogen and oxygen atoms in total. The third-order valence-electron chi connectivity index (χ3n) is 5.45. The van der Waals surface area contributed by atoms with Crippen LogP contribution >= 0.6 is 22.9 Å². The Kier molecular flexibility index (Phi) is 9.36. The number of aliphatic hydroxyl groups is 1. The number of thiazole rings is 1. The number of carbonyl (C=O) groups excluding carboxylic acids is 1. The van der Waals surface area contributed by atoms with Crippen molar-refractivity contribution in [3.05, 3.63) is 52.4 Å². The Bertz CT molecular complexity index is 1110. The van der Waals surface area contributed by atoms with Crippen LogP contribution in [0.4, 0.5) is 17.0 Å². The topological polar surface area (TPSA) is 116 Å². The first-order chi connectivity index (χ1) is 16.7. The van der Waals surface area contributed by atoms with Gasteiger partial charge in [0.2, 0.25) is 11.9 Å². The molecule has 0 unspecified atom stereocenters. The van der Waals surface area contributed by atoms with Crippen LogP contribution in [0, 0.1) is 11.8 Å². The second kappa shape index (κ2) is 12.2. The smallest absolute Gasteiger partial charge is 0.267 e. The average molecular weight is 518 g/mol. The number of aromatic nitrogens is 4. The van der Waals surface area contributed by atoms with Crippen molar-refractivity contribution in [3.63, 3.8) is 0 Å². The molecule has 35 heavy (non-hydrogen) atoms. The predicted molar refractivity (Wildman–Crippen MR) is 141 cm³/mol. The van der Waals surface area contributed by atoms with Crippen LogP contribution < -0.4 is 15.5 Å². The van der Waals surface area contributed by atoms with Crippen molar-refractivity contribution in [1.29, 1.82) is 0 Å². The van der Waals surface area contributed by atoms with Crippen molar-refractivity contribution in [2.45, 2.75) is 40.0 Å². The monoisotopic (exact) mass is 517 g/mol. The highest BCUT2D eigenvalue weighted by Crippen LogP contribution is 2.25. The predicted octanol–water partition coefficient (Wildman–Crippen LogP) is 4.42. The quantitative estimate of drug-likeness (QED) is 0.396. The van der Waals surface area contributed by atoms with Crippen LogP contribution in [0.3, 0.4) is 0 Å². The van der Waals surface area contributed by atoms with Gasteiger partial charge >= 0.3 is 0 Å². The van der Waals surface area contributed by atoms with Crippen LogP contribution in [0.1, 0.15) is 49.1 Å². The Labute approximate surface area is 215 Å². The summed E-state index contributed by atoms with van der Waals surface area (Å²) in [6.07, 6.45) is 5.43. The average Bonchev–Trinajstić information content (AvgIpc) is 3.29. The largest absolute Gasteiger partial charge is 0.396 e. The molecule has 3 rings (SSSR count). The minimum absolute atomic E-state index is 0.208. The Balaban J connectivity index is 1.79. The molecular weight excluding hydrogens is 486 g/mol. The van der Waals surface area contributed by atoms with Gasteiger partial charge in [-0.3, -0.25) is 10.1 Å². The summed E-state index contributed by atoms with van der Waals surface area (Å²) >= 11 is 7.31. The SMILES string of the molecule is C=CC(Cl)=C(NC(=O)c1cnc(Nc2nc(CC(C)C)nc(N3CCC(CO)CC3)n2)s1)C(=C)C. The maximum absolute atomic E-state index is 12.7. The molecule has 2 aromatic heterocycles. The maximum atomic E-state index is 12.7. The van der Waals surface area contributed by atoms with Gasteiger partial charge in [-0.05, 0) is 43.3 Å². The molecule has 1 aliphatic rings. The van der Waals surface area contributed by atoms with Crippen molar-refractivity contribution < 1.29 is 9.90 Å². The zero-order valence-electron chi connectivity index (χ0n) is 20.3. The van der Waals surface area contributed by atoms with Crippen molar-refractivity contribution >= 4 is 45.9 Å². The number of carbonyl (C=O) groups is 1. The molecule has 0 aliphatic carbocycles. The second-order valence-electron chi connectivity index (χ2n) is 8.90. The molecule has 1 saturated heterocycles. The van der Waals surface area contributed by atoms with Crippen LogP contribution in [-0.2, 0) is 6.42 Å². The Morgan fingerprint density at radius 1 is 1.34 bits per heavy atom. The number of aliphatic hydroxyl groups excluding tert-OH is 1. The van der Waals surface area contributed by atoms with E-state index in [1.807, 2.05) is 0 Å². The molecule has 0 aromatic carbocycles. The van der Waals surface area contributed by atoms with E-state index in [0.29, 0.717) is 62.3 Å². The molecular formula is C24H32ClN7O2S. The molecule has 0 spiro atoms. The molecule has 1 aliphatic heterocycles. The van der Waals surface area contributed by atoms with E-state index in [9.17, 15) is 9.90 Å². The van der Waals surface area contributed by atoms with Crippen LogP contribution in [0.15, 0.2) is 41.7 Å². The lowest BCUT2D eigenvalue weighted by Crippen LogP contribution is -2.36. The summed E-state index contributed by atoms with van der Waals surface area (Å²) in [5.74, 6) is 2.04. The number of nitrogens with one attached hydrogen (secondary N) is 2. The zero-order valence-corrected chi connectivity index (χ0v) is 21.9. The number of hydrogen-bond acceptors (Lipinski definition) is 9. The summed E-state index contributed by atoms with van der Waals surface area (Å²) in [6, 6.07) is 0. The molecule has 0 saturated carbocycles. The molecule has 3 heterocycles. The lowest BCUT2D eigenvalue weighted by atomic mass is 9.98. The Morgan fingerprint density at radius 3 is 2.66 bits per heavy atom. The standard InChI is InChI=1S/C24H32ClN7O2S/c1-6-17(25)20(15(4)5)29-21(34)18-12-26-24(35-18)31-22-27-19(11-14(2)3)28-23(30-22)32-9-7-16(13-33)8-10-32/h6,12,14,16,33H,1,4,7-11,13H2,2-3,5H3,(H,29,34)(H,26,27,28,30,31). The fraction of sp³-hybridized carbons (Fsp3) is 0.458. The summed E-state index contributed by atoms with van der Waals surface area (Å²) in [6.45, 7) is 15.2. The maximum Gasteiger partial charge on any atom is 0.267 e. The van der Waals surface area contributed by atoms with E-state index in [-0.39, 0.29) is 12.5 Å². The van der Waals surface area contributed by atoms with Gasteiger partial charge in [-0.1, -0.05) is 49.9 Å². The van der Waals surface area contributed by atoms with E-state index in [1.165, 1.54) is 23.6 Å². The molecule has 3 N–H and O–H groups in total. The van der Waals surface area contributed by atoms with Crippen molar-refractivity contribution in [2.75, 3.05) is 29.9 Å². The summed E-state index contributed by atoms with van der Waals surface area (Å²) in [5.41, 5.74) is 1.03. The number of piperidine rings is 1. The molecule has 1 fully saturated rings. The highest BCUT2D eigenvalue weighted by molar-refractivity contribution is 7.17. The molecule has 2 aromatic rings. The minimum atomic E-state index is -0.350. The molecule has 0 bridgehead atoms. The van der Waals surface area contributed by atoms with Gasteiger partial charge < -0.3 is 15.3 Å². The van der Waals surface area contributed by atoms with E-state index in [1.54, 1.807) is 6.92 Å². The fourth-order valence-corrected chi connectivity index (χ4v) is 4.47. The number of hydrogen-bond donors (Lipinski definition) is 3. The van der Waals surface area contributed by atoms with Gasteiger partial charge in [-0.2, -0.15) is 15.0 Å². The van der Waals surface area contributed by atoms with E-state index >= 15 is 0 Å². The highest BCUT2D eigenvalue weighted by Gasteiger charge is 2.22. The molecule has 1 amide bonds. The first-order valence-corrected chi connectivity index (χ1v) is 12.7. The number of amides is 1. The first-order valence-electron chi connectivity index (χ1n) is 11.5. The third-order valence-corrected chi connectivity index (χ3v) is 6.70. The fourth-order valence-electron chi connectivity index (χ4n) is 3.56. The molecule has 0 atom stereocenters. The number of anilines is 3. The van der Waals surface area contributed by atoms with Crippen LogP contribution in [0.2, 0.25) is 0 Å². The van der Waals surface area contributed by atoms with Crippen molar-refractivity contribution in [2.24, 2.45) is 11.8 Å². The lowest BCUT2D eigenvalue weighted by Gasteiger charge is -2.31.